The minimum atomic E-state index is -3.44. The van der Waals surface area contributed by atoms with E-state index in [1.54, 1.807) is 5.38 Å². The van der Waals surface area contributed by atoms with Gasteiger partial charge in [-0.3, -0.25) is 0 Å². The van der Waals surface area contributed by atoms with E-state index in [0.717, 1.165) is 25.9 Å². The minimum absolute atomic E-state index is 0.117. The molecule has 19 heavy (non-hydrogen) atoms. The number of aliphatic hydroxyl groups is 1. The van der Waals surface area contributed by atoms with Crippen molar-refractivity contribution in [3.63, 3.8) is 0 Å². The van der Waals surface area contributed by atoms with Gasteiger partial charge in [0.2, 0.25) is 10.0 Å². The first-order valence-electron chi connectivity index (χ1n) is 6.38. The highest BCUT2D eigenvalue weighted by molar-refractivity contribution is 7.89. The largest absolute Gasteiger partial charge is 0.391 e. The smallest absolute Gasteiger partial charge is 0.241 e. The van der Waals surface area contributed by atoms with E-state index in [2.05, 4.69) is 16.7 Å². The fourth-order valence-electron chi connectivity index (χ4n) is 2.34. The van der Waals surface area contributed by atoms with Crippen LogP contribution >= 0.6 is 11.3 Å². The molecule has 2 heterocycles. The summed E-state index contributed by atoms with van der Waals surface area (Å²) < 4.78 is 26.8. The molecule has 0 saturated carbocycles. The summed E-state index contributed by atoms with van der Waals surface area (Å²) in [6.45, 7) is 2.40. The van der Waals surface area contributed by atoms with Crippen LogP contribution in [0.15, 0.2) is 16.3 Å². The standard InChI is InChI=1S/C12H20N2O3S2/c1-14-4-2-3-10(7-14)6-13-19(16,17)12-5-11(8-15)18-9-12/h5,9-10,13,15H,2-4,6-8H2,1H3. The maximum Gasteiger partial charge on any atom is 0.241 e. The molecular weight excluding hydrogens is 284 g/mol. The van der Waals surface area contributed by atoms with Crippen molar-refractivity contribution in [2.24, 2.45) is 5.92 Å². The van der Waals surface area contributed by atoms with Crippen LogP contribution in [0, 0.1) is 5.92 Å². The summed E-state index contributed by atoms with van der Waals surface area (Å²) in [5.74, 6) is 0.379. The van der Waals surface area contributed by atoms with Gasteiger partial charge in [-0.1, -0.05) is 0 Å². The van der Waals surface area contributed by atoms with Gasteiger partial charge in [-0.2, -0.15) is 0 Å². The Morgan fingerprint density at radius 2 is 2.37 bits per heavy atom. The molecule has 2 rings (SSSR count). The van der Waals surface area contributed by atoms with Crippen LogP contribution in [0.2, 0.25) is 0 Å². The van der Waals surface area contributed by atoms with Gasteiger partial charge in [0, 0.05) is 23.3 Å². The van der Waals surface area contributed by atoms with Crippen molar-refractivity contribution >= 4 is 21.4 Å². The van der Waals surface area contributed by atoms with E-state index in [0.29, 0.717) is 17.3 Å². The van der Waals surface area contributed by atoms with Crippen molar-refractivity contribution in [3.05, 3.63) is 16.3 Å². The average Bonchev–Trinajstić information content (AvgIpc) is 2.86. The predicted octanol–water partition coefficient (Wildman–Crippen LogP) is 0.860. The molecule has 0 aliphatic carbocycles. The Balaban J connectivity index is 1.93. The molecular formula is C12H20N2O3S2. The Kier molecular flexibility index (Phi) is 4.97. The molecule has 0 spiro atoms. The van der Waals surface area contributed by atoms with Crippen LogP contribution < -0.4 is 4.72 Å². The lowest BCUT2D eigenvalue weighted by Gasteiger charge is -2.29. The third-order valence-electron chi connectivity index (χ3n) is 3.38. The van der Waals surface area contributed by atoms with E-state index in [9.17, 15) is 8.42 Å². The summed E-state index contributed by atoms with van der Waals surface area (Å²) in [4.78, 5) is 3.15. The number of nitrogens with zero attached hydrogens (tertiary/aromatic N) is 1. The van der Waals surface area contributed by atoms with Crippen molar-refractivity contribution in [2.75, 3.05) is 26.7 Å². The molecule has 108 valence electrons. The van der Waals surface area contributed by atoms with Crippen molar-refractivity contribution in [1.29, 1.82) is 0 Å². The summed E-state index contributed by atoms with van der Waals surface area (Å²) in [6.07, 6.45) is 2.19. The number of sulfonamides is 1. The zero-order valence-corrected chi connectivity index (χ0v) is 12.6. The number of aliphatic hydroxyl groups excluding tert-OH is 1. The van der Waals surface area contributed by atoms with Gasteiger partial charge >= 0.3 is 0 Å². The van der Waals surface area contributed by atoms with E-state index in [1.807, 2.05) is 0 Å². The molecule has 0 bridgehead atoms. The summed E-state index contributed by atoms with van der Waals surface area (Å²) in [5.41, 5.74) is 0. The molecule has 1 fully saturated rings. The van der Waals surface area contributed by atoms with Gasteiger partial charge < -0.3 is 10.0 Å². The molecule has 7 heteroatoms. The van der Waals surface area contributed by atoms with Crippen molar-refractivity contribution in [2.45, 2.75) is 24.3 Å². The maximum atomic E-state index is 12.1. The summed E-state index contributed by atoms with van der Waals surface area (Å²) in [5, 5.41) is 10.5. The lowest BCUT2D eigenvalue weighted by molar-refractivity contribution is 0.211. The summed E-state index contributed by atoms with van der Waals surface area (Å²) in [7, 11) is -1.37. The predicted molar refractivity (Wildman–Crippen MR) is 75.7 cm³/mol. The number of likely N-dealkylation sites (tertiary alicyclic amines) is 1. The summed E-state index contributed by atoms with van der Waals surface area (Å²) in [6, 6.07) is 1.53. The quantitative estimate of drug-likeness (QED) is 0.846. The van der Waals surface area contributed by atoms with Crippen molar-refractivity contribution in [1.82, 2.24) is 9.62 Å². The number of rotatable bonds is 5. The Morgan fingerprint density at radius 3 is 3.00 bits per heavy atom. The van der Waals surface area contributed by atoms with Crippen LogP contribution in [0.3, 0.4) is 0 Å². The van der Waals surface area contributed by atoms with E-state index >= 15 is 0 Å². The monoisotopic (exact) mass is 304 g/mol. The second-order valence-electron chi connectivity index (χ2n) is 5.03. The first-order chi connectivity index (χ1) is 9.01. The number of thiophene rings is 1. The average molecular weight is 304 g/mol. The highest BCUT2D eigenvalue weighted by Gasteiger charge is 2.21. The fraction of sp³-hybridized carbons (Fsp3) is 0.667. The topological polar surface area (TPSA) is 69.6 Å². The molecule has 1 aromatic rings. The lowest BCUT2D eigenvalue weighted by atomic mass is 9.99. The molecule has 1 atom stereocenters. The fourth-order valence-corrected chi connectivity index (χ4v) is 4.58. The van der Waals surface area contributed by atoms with E-state index < -0.39 is 10.0 Å². The van der Waals surface area contributed by atoms with Crippen LogP contribution in [0.4, 0.5) is 0 Å². The lowest BCUT2D eigenvalue weighted by Crippen LogP contribution is -2.39. The molecule has 1 aromatic heterocycles. The van der Waals surface area contributed by atoms with Gasteiger partial charge in [0.1, 0.15) is 0 Å². The first kappa shape index (κ1) is 14.9. The van der Waals surface area contributed by atoms with Crippen LogP contribution in [0.5, 0.6) is 0 Å². The van der Waals surface area contributed by atoms with Crippen LogP contribution in [-0.2, 0) is 16.6 Å². The first-order valence-corrected chi connectivity index (χ1v) is 8.74. The number of nitrogens with one attached hydrogen (secondary N) is 1. The molecule has 1 aliphatic heterocycles. The van der Waals surface area contributed by atoms with E-state index in [-0.39, 0.29) is 11.5 Å². The summed E-state index contributed by atoms with van der Waals surface area (Å²) >= 11 is 1.26. The van der Waals surface area contributed by atoms with Crippen LogP contribution in [0.25, 0.3) is 0 Å². The molecule has 5 nitrogen and oxygen atoms in total. The Morgan fingerprint density at radius 1 is 1.58 bits per heavy atom. The second kappa shape index (κ2) is 6.32. The SMILES string of the molecule is CN1CCCC(CNS(=O)(=O)c2csc(CO)c2)C1. The van der Waals surface area contributed by atoms with Gasteiger partial charge in [0.15, 0.2) is 0 Å². The third-order valence-corrected chi connectivity index (χ3v) is 5.85. The Bertz CT molecular complexity index is 513. The highest BCUT2D eigenvalue weighted by Crippen LogP contribution is 2.20. The molecule has 0 radical (unpaired) electrons. The highest BCUT2D eigenvalue weighted by atomic mass is 32.2. The zero-order valence-electron chi connectivity index (χ0n) is 11.0. The van der Waals surface area contributed by atoms with Gasteiger partial charge in [0.25, 0.3) is 0 Å². The Labute approximate surface area is 118 Å². The molecule has 1 aliphatic rings. The third kappa shape index (κ3) is 4.00. The van der Waals surface area contributed by atoms with E-state index in [1.165, 1.54) is 17.4 Å². The Hall–Kier alpha value is -0.470. The van der Waals surface area contributed by atoms with E-state index in [4.69, 9.17) is 5.11 Å². The normalized spacial score (nSPS) is 21.7. The van der Waals surface area contributed by atoms with Crippen LogP contribution in [-0.4, -0.2) is 45.1 Å². The molecule has 1 saturated heterocycles. The maximum absolute atomic E-state index is 12.1. The number of hydrogen-bond donors (Lipinski definition) is 2. The van der Waals surface area contributed by atoms with Crippen molar-refractivity contribution in [3.8, 4) is 0 Å². The minimum Gasteiger partial charge on any atom is -0.391 e. The molecule has 0 aromatic carbocycles. The van der Waals surface area contributed by atoms with Gasteiger partial charge in [-0.15, -0.1) is 11.3 Å². The number of piperidine rings is 1. The number of hydrogen-bond acceptors (Lipinski definition) is 5. The van der Waals surface area contributed by atoms with Gasteiger partial charge in [0.05, 0.1) is 11.5 Å². The van der Waals surface area contributed by atoms with Crippen LogP contribution in [0.1, 0.15) is 17.7 Å². The zero-order chi connectivity index (χ0) is 13.9. The molecule has 1 unspecified atom stereocenters. The molecule has 0 amide bonds. The van der Waals surface area contributed by atoms with Gasteiger partial charge in [-0.25, -0.2) is 13.1 Å². The second-order valence-corrected chi connectivity index (χ2v) is 7.79. The van der Waals surface area contributed by atoms with Gasteiger partial charge in [-0.05, 0) is 38.4 Å². The van der Waals surface area contributed by atoms with Crippen molar-refractivity contribution < 1.29 is 13.5 Å². The molecule has 2 N–H and O–H groups in total.